The average Bonchev–Trinajstić information content (AvgIpc) is 2.87. The second kappa shape index (κ2) is 20.1. The third-order valence-electron chi connectivity index (χ3n) is 5.67. The maximum Gasteiger partial charge on any atom is 0.377 e. The second-order valence-electron chi connectivity index (χ2n) is 8.77. The van der Waals surface area contributed by atoms with Crippen molar-refractivity contribution in [2.75, 3.05) is 24.7 Å². The van der Waals surface area contributed by atoms with Crippen LogP contribution in [0.2, 0.25) is 5.02 Å². The first-order chi connectivity index (χ1) is 17.3. The highest BCUT2D eigenvalue weighted by molar-refractivity contribution is 7.99. The number of benzene rings is 1. The van der Waals surface area contributed by atoms with Gasteiger partial charge in [0.2, 0.25) is 8.46 Å². The lowest BCUT2D eigenvalue weighted by Crippen LogP contribution is -2.36. The number of hydrogen-bond acceptors (Lipinski definition) is 7. The zero-order valence-electron chi connectivity index (χ0n) is 21.5. The Morgan fingerprint density at radius 3 is 2.31 bits per heavy atom. The molecule has 0 fully saturated rings. The summed E-state index contributed by atoms with van der Waals surface area (Å²) in [6.07, 6.45) is 10.7. The molecule has 0 aliphatic rings. The van der Waals surface area contributed by atoms with Gasteiger partial charge in [-0.2, -0.15) is 11.8 Å². The average molecular weight is 565 g/mol. The fourth-order valence-electron chi connectivity index (χ4n) is 3.49. The number of aliphatic hydroxyl groups is 1. The minimum absolute atomic E-state index is 0.107. The van der Waals surface area contributed by atoms with E-state index in [1.165, 1.54) is 50.0 Å². The summed E-state index contributed by atoms with van der Waals surface area (Å²) in [6.45, 7) is 4.36. The van der Waals surface area contributed by atoms with Gasteiger partial charge in [-0.15, -0.1) is 0 Å². The van der Waals surface area contributed by atoms with Gasteiger partial charge >= 0.3 is 11.5 Å². The van der Waals surface area contributed by atoms with Crippen molar-refractivity contribution in [3.8, 4) is 5.75 Å². The predicted molar refractivity (Wildman–Crippen MR) is 147 cm³/mol. The fourth-order valence-corrected chi connectivity index (χ4v) is 4.86. The van der Waals surface area contributed by atoms with Crippen LogP contribution in [-0.4, -0.2) is 58.6 Å². The van der Waals surface area contributed by atoms with E-state index in [-0.39, 0.29) is 25.4 Å². The van der Waals surface area contributed by atoms with Gasteiger partial charge in [-0.3, -0.25) is 4.57 Å². The fraction of sp³-hybridized carbons (Fsp3) is 0.731. The van der Waals surface area contributed by atoms with E-state index in [0.717, 1.165) is 25.0 Å². The van der Waals surface area contributed by atoms with Gasteiger partial charge < -0.3 is 24.4 Å². The number of carboxylic acids is 1. The highest BCUT2D eigenvalue weighted by Gasteiger charge is 2.38. The largest absolute Gasteiger partial charge is 0.488 e. The Morgan fingerprint density at radius 1 is 1.03 bits per heavy atom. The molecule has 3 atom stereocenters. The third kappa shape index (κ3) is 14.7. The summed E-state index contributed by atoms with van der Waals surface area (Å²) >= 11 is 8.06. The van der Waals surface area contributed by atoms with Gasteiger partial charge in [0, 0.05) is 11.6 Å². The van der Waals surface area contributed by atoms with E-state index in [0.29, 0.717) is 11.4 Å². The standard InChI is InChI=1S/C26H42ClO7PS/c1-3-4-9-19-36-20-10-7-5-6-8-12-24(34-23-15-13-22(27)14-16-23)21(2)32-17-11-18-33-26(30,35-31)25(28)29/h13-16,21,24,30H,3-12,17-20H2,1-2H3,(H,28,29). The third-order valence-corrected chi connectivity index (χ3v) is 7.64. The second-order valence-corrected chi connectivity index (χ2v) is 11.2. The maximum atomic E-state index is 10.9. The van der Waals surface area contributed by atoms with Crippen molar-refractivity contribution in [2.24, 2.45) is 0 Å². The topological polar surface area (TPSA) is 102 Å². The quantitative estimate of drug-likeness (QED) is 0.0818. The first-order valence-electron chi connectivity index (χ1n) is 12.9. The van der Waals surface area contributed by atoms with Crippen molar-refractivity contribution in [2.45, 2.75) is 95.8 Å². The molecule has 0 saturated carbocycles. The van der Waals surface area contributed by atoms with Crippen LogP contribution in [0.4, 0.5) is 0 Å². The van der Waals surface area contributed by atoms with Crippen molar-refractivity contribution in [1.82, 2.24) is 0 Å². The van der Waals surface area contributed by atoms with E-state index in [9.17, 15) is 14.5 Å². The van der Waals surface area contributed by atoms with Crippen molar-refractivity contribution in [3.05, 3.63) is 29.3 Å². The first-order valence-corrected chi connectivity index (χ1v) is 15.2. The lowest BCUT2D eigenvalue weighted by molar-refractivity contribution is -0.190. The molecule has 1 rings (SSSR count). The molecule has 0 bridgehead atoms. The normalized spacial score (nSPS) is 14.9. The summed E-state index contributed by atoms with van der Waals surface area (Å²) in [7, 11) is -1.02. The van der Waals surface area contributed by atoms with Crippen molar-refractivity contribution < 1.29 is 33.8 Å². The molecule has 3 unspecified atom stereocenters. The number of carbonyl (C=O) groups is 1. The molecule has 206 valence electrons. The molecule has 0 spiro atoms. The van der Waals surface area contributed by atoms with Crippen LogP contribution in [0.1, 0.15) is 78.1 Å². The summed E-state index contributed by atoms with van der Waals surface area (Å²) in [5, 5.41) is 19.1. The van der Waals surface area contributed by atoms with Crippen molar-refractivity contribution in [3.63, 3.8) is 0 Å². The van der Waals surface area contributed by atoms with Gasteiger partial charge in [0.05, 0.1) is 12.7 Å². The Morgan fingerprint density at radius 2 is 1.67 bits per heavy atom. The number of hydrogen-bond donors (Lipinski definition) is 2. The van der Waals surface area contributed by atoms with Crippen LogP contribution in [0.15, 0.2) is 24.3 Å². The van der Waals surface area contributed by atoms with E-state index in [1.807, 2.05) is 19.1 Å². The van der Waals surface area contributed by atoms with Gasteiger partial charge in [-0.1, -0.05) is 50.6 Å². The van der Waals surface area contributed by atoms with E-state index in [2.05, 4.69) is 18.7 Å². The highest BCUT2D eigenvalue weighted by Crippen LogP contribution is 2.23. The minimum Gasteiger partial charge on any atom is -0.488 e. The van der Waals surface area contributed by atoms with Crippen LogP contribution >= 0.6 is 31.8 Å². The van der Waals surface area contributed by atoms with Crippen LogP contribution in [-0.2, 0) is 18.8 Å². The molecule has 7 nitrogen and oxygen atoms in total. The number of ether oxygens (including phenoxy) is 3. The van der Waals surface area contributed by atoms with Crippen LogP contribution in [0.3, 0.4) is 0 Å². The highest BCUT2D eigenvalue weighted by atomic mass is 35.5. The number of carboxylic acid groups (broad SMARTS) is 1. The molecule has 0 aliphatic carbocycles. The molecule has 0 saturated heterocycles. The summed E-state index contributed by atoms with van der Waals surface area (Å²) in [6, 6.07) is 7.25. The van der Waals surface area contributed by atoms with E-state index in [4.69, 9.17) is 30.9 Å². The summed E-state index contributed by atoms with van der Waals surface area (Å²) < 4.78 is 27.8. The molecule has 0 amide bonds. The summed E-state index contributed by atoms with van der Waals surface area (Å²) in [4.78, 5) is 10.9. The number of aliphatic carboxylic acids is 1. The Labute approximate surface area is 226 Å². The van der Waals surface area contributed by atoms with Gasteiger partial charge in [0.1, 0.15) is 11.9 Å². The van der Waals surface area contributed by atoms with Crippen LogP contribution in [0.25, 0.3) is 0 Å². The SMILES string of the molecule is CCCCCSCCCCCCCC(Oc1ccc(Cl)cc1)C(C)OCCCOC(O)(P=O)C(=O)O. The minimum atomic E-state index is -2.72. The van der Waals surface area contributed by atoms with Gasteiger partial charge in [0.15, 0.2) is 0 Å². The molecule has 10 heteroatoms. The Balaban J connectivity index is 2.38. The van der Waals surface area contributed by atoms with E-state index >= 15 is 0 Å². The lowest BCUT2D eigenvalue weighted by Gasteiger charge is -2.26. The molecule has 1 aromatic rings. The zero-order chi connectivity index (χ0) is 26.7. The van der Waals surface area contributed by atoms with E-state index < -0.39 is 20.0 Å². The van der Waals surface area contributed by atoms with Gasteiger partial charge in [-0.25, -0.2) is 4.79 Å². The molecule has 0 aliphatic heterocycles. The molecule has 2 N–H and O–H groups in total. The molecule has 0 aromatic heterocycles. The van der Waals surface area contributed by atoms with Crippen LogP contribution in [0.5, 0.6) is 5.75 Å². The number of rotatable bonds is 23. The lowest BCUT2D eigenvalue weighted by atomic mass is 10.0. The molecular weight excluding hydrogens is 523 g/mol. The van der Waals surface area contributed by atoms with Crippen LogP contribution in [0, 0.1) is 0 Å². The summed E-state index contributed by atoms with van der Waals surface area (Å²) in [5.41, 5.74) is -2.72. The Hall–Kier alpha value is -0.890. The molecule has 0 radical (unpaired) electrons. The number of unbranched alkanes of at least 4 members (excludes halogenated alkanes) is 6. The molecule has 0 heterocycles. The first kappa shape index (κ1) is 33.1. The Kier molecular flexibility index (Phi) is 18.5. The zero-order valence-corrected chi connectivity index (χ0v) is 24.0. The van der Waals surface area contributed by atoms with Crippen molar-refractivity contribution >= 4 is 37.8 Å². The number of halogens is 1. The van der Waals surface area contributed by atoms with E-state index in [1.54, 1.807) is 12.1 Å². The van der Waals surface area contributed by atoms with Crippen LogP contribution < -0.4 is 4.74 Å². The van der Waals surface area contributed by atoms with Crippen molar-refractivity contribution in [1.29, 1.82) is 0 Å². The monoisotopic (exact) mass is 564 g/mol. The molecular formula is C26H42ClO7PS. The van der Waals surface area contributed by atoms with Gasteiger partial charge in [0.25, 0.3) is 0 Å². The Bertz CT molecular complexity index is 725. The molecule has 36 heavy (non-hydrogen) atoms. The van der Waals surface area contributed by atoms with Gasteiger partial charge in [-0.05, 0) is 74.8 Å². The predicted octanol–water partition coefficient (Wildman–Crippen LogP) is 7.19. The summed E-state index contributed by atoms with van der Waals surface area (Å²) in [5.74, 6) is 1.55. The molecule has 1 aromatic carbocycles. The number of thioether (sulfide) groups is 1. The smallest absolute Gasteiger partial charge is 0.377 e. The maximum absolute atomic E-state index is 10.9.